The van der Waals surface area contributed by atoms with Crippen molar-refractivity contribution >= 4 is 22.8 Å². The molecule has 5 nitrogen and oxygen atoms in total. The predicted molar refractivity (Wildman–Crippen MR) is 79.3 cm³/mol. The molecule has 0 unspecified atom stereocenters. The fourth-order valence-electron chi connectivity index (χ4n) is 2.59. The van der Waals surface area contributed by atoms with Crippen LogP contribution in [0, 0.1) is 5.92 Å². The zero-order valence-electron chi connectivity index (χ0n) is 11.2. The van der Waals surface area contributed by atoms with E-state index in [0.717, 1.165) is 16.7 Å². The van der Waals surface area contributed by atoms with Gasteiger partial charge in [0.25, 0.3) is 0 Å². The number of urea groups is 1. The molecule has 1 aliphatic carbocycles. The molecule has 2 aromatic rings. The first-order chi connectivity index (χ1) is 9.81. The predicted octanol–water partition coefficient (Wildman–Crippen LogP) is 3.39. The van der Waals surface area contributed by atoms with Gasteiger partial charge in [-0.25, -0.2) is 9.78 Å². The maximum absolute atomic E-state index is 11.8. The van der Waals surface area contributed by atoms with Gasteiger partial charge in [-0.3, -0.25) is 0 Å². The van der Waals surface area contributed by atoms with Crippen LogP contribution in [0.2, 0.25) is 0 Å². The van der Waals surface area contributed by atoms with Crippen LogP contribution < -0.4 is 10.6 Å². The number of amides is 2. The van der Waals surface area contributed by atoms with E-state index in [-0.39, 0.29) is 6.03 Å². The molecule has 1 heterocycles. The second-order valence-corrected chi connectivity index (χ2v) is 5.14. The van der Waals surface area contributed by atoms with Crippen molar-refractivity contribution in [2.24, 2.45) is 5.92 Å². The number of nitrogens with one attached hydrogen (secondary N) is 3. The molecule has 0 atom stereocenters. The number of hydrogen-bond acceptors (Lipinski definition) is 2. The van der Waals surface area contributed by atoms with Gasteiger partial charge in [0.05, 0.1) is 17.4 Å². The lowest BCUT2D eigenvalue weighted by Crippen LogP contribution is -2.23. The molecule has 20 heavy (non-hydrogen) atoms. The Kier molecular flexibility index (Phi) is 3.67. The Morgan fingerprint density at radius 3 is 3.05 bits per heavy atom. The van der Waals surface area contributed by atoms with Crippen LogP contribution in [-0.4, -0.2) is 16.0 Å². The molecular weight excluding hydrogens is 252 g/mol. The summed E-state index contributed by atoms with van der Waals surface area (Å²) < 4.78 is 0. The second-order valence-electron chi connectivity index (χ2n) is 5.14. The molecule has 1 saturated carbocycles. The summed E-state index contributed by atoms with van der Waals surface area (Å²) in [6.45, 7) is 0. The topological polar surface area (TPSA) is 69.8 Å². The number of carbonyl (C=O) groups excluding carboxylic acids is 1. The van der Waals surface area contributed by atoms with E-state index in [1.165, 1.54) is 25.7 Å². The third-order valence-corrected chi connectivity index (χ3v) is 3.66. The Morgan fingerprint density at radius 1 is 1.35 bits per heavy atom. The molecule has 104 valence electrons. The molecule has 1 aromatic carbocycles. The lowest BCUT2D eigenvalue weighted by Gasteiger charge is -2.05. The van der Waals surface area contributed by atoms with E-state index >= 15 is 0 Å². The zero-order chi connectivity index (χ0) is 13.8. The number of anilines is 1. The summed E-state index contributed by atoms with van der Waals surface area (Å²) in [7, 11) is 0. The summed E-state index contributed by atoms with van der Waals surface area (Å²) in [6.07, 6.45) is 10.5. The largest absolute Gasteiger partial charge is 0.345 e. The minimum Gasteiger partial charge on any atom is -0.345 e. The summed E-state index contributed by atoms with van der Waals surface area (Å²) in [5.41, 5.74) is 2.54. The third-order valence-electron chi connectivity index (χ3n) is 3.66. The Bertz CT molecular complexity index is 626. The van der Waals surface area contributed by atoms with Gasteiger partial charge in [0, 0.05) is 11.9 Å². The van der Waals surface area contributed by atoms with Crippen LogP contribution in [0.5, 0.6) is 0 Å². The van der Waals surface area contributed by atoms with Gasteiger partial charge in [-0.2, -0.15) is 0 Å². The molecule has 2 amide bonds. The number of fused-ring (bicyclic) bond motifs is 1. The summed E-state index contributed by atoms with van der Waals surface area (Å²) in [4.78, 5) is 18.9. The first-order valence-electron chi connectivity index (χ1n) is 6.98. The highest BCUT2D eigenvalue weighted by Gasteiger charge is 2.11. The van der Waals surface area contributed by atoms with E-state index in [9.17, 15) is 4.79 Å². The Labute approximate surface area is 117 Å². The van der Waals surface area contributed by atoms with Crippen LogP contribution in [0.3, 0.4) is 0 Å². The standard InChI is InChI=1S/C15H18N4O/c20-15(16-8-7-11-3-1-2-4-11)19-12-5-6-13-14(9-12)18-10-17-13/h5-11H,1-4H2,(H,17,18)(H2,16,19,20)/b8-7+. The molecule has 1 aliphatic rings. The Hall–Kier alpha value is -2.30. The van der Waals surface area contributed by atoms with Crippen LogP contribution in [0.4, 0.5) is 10.5 Å². The van der Waals surface area contributed by atoms with Crippen molar-refractivity contribution in [3.05, 3.63) is 36.8 Å². The van der Waals surface area contributed by atoms with Crippen LogP contribution in [0.25, 0.3) is 11.0 Å². The molecule has 3 N–H and O–H groups in total. The van der Waals surface area contributed by atoms with Crippen LogP contribution in [0.15, 0.2) is 36.8 Å². The average Bonchev–Trinajstić information content (AvgIpc) is 3.08. The van der Waals surface area contributed by atoms with Crippen molar-refractivity contribution < 1.29 is 4.79 Å². The monoisotopic (exact) mass is 270 g/mol. The first kappa shape index (κ1) is 12.7. The highest BCUT2D eigenvalue weighted by molar-refractivity contribution is 5.92. The molecule has 0 aliphatic heterocycles. The number of hydrogen-bond donors (Lipinski definition) is 3. The van der Waals surface area contributed by atoms with Gasteiger partial charge in [0.15, 0.2) is 0 Å². The highest BCUT2D eigenvalue weighted by atomic mass is 16.2. The number of nitrogens with zero attached hydrogens (tertiary/aromatic N) is 1. The average molecular weight is 270 g/mol. The van der Waals surface area contributed by atoms with Gasteiger partial charge in [0.2, 0.25) is 0 Å². The maximum atomic E-state index is 11.8. The van der Waals surface area contributed by atoms with Crippen LogP contribution >= 0.6 is 0 Å². The Balaban J connectivity index is 1.55. The van der Waals surface area contributed by atoms with Crippen molar-refractivity contribution in [3.63, 3.8) is 0 Å². The molecule has 3 rings (SSSR count). The van der Waals surface area contributed by atoms with Crippen molar-refractivity contribution in [1.29, 1.82) is 0 Å². The number of rotatable bonds is 3. The molecule has 5 heteroatoms. The van der Waals surface area contributed by atoms with E-state index in [0.29, 0.717) is 5.92 Å². The van der Waals surface area contributed by atoms with Gasteiger partial charge < -0.3 is 15.6 Å². The number of aromatic nitrogens is 2. The number of aromatic amines is 1. The molecule has 0 radical (unpaired) electrons. The number of imidazole rings is 1. The Morgan fingerprint density at radius 2 is 2.20 bits per heavy atom. The van der Waals surface area contributed by atoms with Gasteiger partial charge in [-0.1, -0.05) is 18.9 Å². The van der Waals surface area contributed by atoms with Crippen molar-refractivity contribution in [2.45, 2.75) is 25.7 Å². The summed E-state index contributed by atoms with van der Waals surface area (Å²) >= 11 is 0. The quantitative estimate of drug-likeness (QED) is 0.800. The second kappa shape index (κ2) is 5.77. The number of benzene rings is 1. The molecule has 0 saturated heterocycles. The summed E-state index contributed by atoms with van der Waals surface area (Å²) in [6, 6.07) is 5.35. The molecule has 0 spiro atoms. The van der Waals surface area contributed by atoms with Crippen molar-refractivity contribution in [3.8, 4) is 0 Å². The molecule has 1 fully saturated rings. The van der Waals surface area contributed by atoms with Gasteiger partial charge in [-0.15, -0.1) is 0 Å². The SMILES string of the molecule is O=C(N/C=C/C1CCCC1)Nc1ccc2nc[nH]c2c1. The fourth-order valence-corrected chi connectivity index (χ4v) is 2.59. The molecule has 0 bridgehead atoms. The van der Waals surface area contributed by atoms with E-state index in [1.54, 1.807) is 12.5 Å². The first-order valence-corrected chi connectivity index (χ1v) is 6.98. The normalized spacial score (nSPS) is 16.0. The number of H-pyrrole nitrogens is 1. The van der Waals surface area contributed by atoms with Gasteiger partial charge >= 0.3 is 6.03 Å². The minimum absolute atomic E-state index is 0.224. The number of carbonyl (C=O) groups is 1. The minimum atomic E-state index is -0.224. The fraction of sp³-hybridized carbons (Fsp3) is 0.333. The van der Waals surface area contributed by atoms with Crippen molar-refractivity contribution in [1.82, 2.24) is 15.3 Å². The van der Waals surface area contributed by atoms with E-state index < -0.39 is 0 Å². The lowest BCUT2D eigenvalue weighted by molar-refractivity contribution is 0.255. The zero-order valence-corrected chi connectivity index (χ0v) is 11.2. The summed E-state index contributed by atoms with van der Waals surface area (Å²) in [5, 5.41) is 5.54. The van der Waals surface area contributed by atoms with Gasteiger partial charge in [0.1, 0.15) is 0 Å². The van der Waals surface area contributed by atoms with Crippen LogP contribution in [0.1, 0.15) is 25.7 Å². The maximum Gasteiger partial charge on any atom is 0.323 e. The van der Waals surface area contributed by atoms with E-state index in [2.05, 4.69) is 26.7 Å². The smallest absolute Gasteiger partial charge is 0.323 e. The molecule has 1 aromatic heterocycles. The van der Waals surface area contributed by atoms with Crippen molar-refractivity contribution in [2.75, 3.05) is 5.32 Å². The van der Waals surface area contributed by atoms with Crippen LogP contribution in [-0.2, 0) is 0 Å². The third kappa shape index (κ3) is 2.99. The highest BCUT2D eigenvalue weighted by Crippen LogP contribution is 2.25. The van der Waals surface area contributed by atoms with Gasteiger partial charge in [-0.05, 0) is 37.0 Å². The molecular formula is C15H18N4O. The lowest BCUT2D eigenvalue weighted by atomic mass is 10.1. The summed E-state index contributed by atoms with van der Waals surface area (Å²) in [5.74, 6) is 0.622. The number of allylic oxidation sites excluding steroid dienone is 1. The van der Waals surface area contributed by atoms with E-state index in [1.807, 2.05) is 18.2 Å². The van der Waals surface area contributed by atoms with E-state index in [4.69, 9.17) is 0 Å².